The number of pyridine rings is 1. The number of fused-ring (bicyclic) bond motifs is 1. The first-order valence-corrected chi connectivity index (χ1v) is 10.7. The van der Waals surface area contributed by atoms with Crippen molar-refractivity contribution in [1.82, 2.24) is 15.0 Å². The molecule has 152 valence electrons. The second-order valence-corrected chi connectivity index (χ2v) is 8.33. The van der Waals surface area contributed by atoms with Gasteiger partial charge in [-0.05, 0) is 24.6 Å². The van der Waals surface area contributed by atoms with Gasteiger partial charge in [0.25, 0.3) is 0 Å². The molecule has 0 aliphatic carbocycles. The molecule has 1 fully saturated rings. The minimum Gasteiger partial charge on any atom is -0.480 e. The van der Waals surface area contributed by atoms with Crippen molar-refractivity contribution in [3.05, 3.63) is 35.4 Å². The molecule has 0 radical (unpaired) electrons. The van der Waals surface area contributed by atoms with E-state index < -0.39 is 11.2 Å². The lowest BCUT2D eigenvalue weighted by molar-refractivity contribution is -0.136. The number of anilines is 1. The lowest BCUT2D eigenvalue weighted by Crippen LogP contribution is -2.36. The summed E-state index contributed by atoms with van der Waals surface area (Å²) in [6.45, 7) is 5.08. The van der Waals surface area contributed by atoms with Crippen LogP contribution >= 0.6 is 23.4 Å². The number of morpholine rings is 1. The fourth-order valence-electron chi connectivity index (χ4n) is 3.25. The predicted molar refractivity (Wildman–Crippen MR) is 115 cm³/mol. The van der Waals surface area contributed by atoms with Crippen LogP contribution in [-0.2, 0) is 9.53 Å². The Bertz CT molecular complexity index is 1020. The summed E-state index contributed by atoms with van der Waals surface area (Å²) in [5.41, 5.74) is 3.91. The summed E-state index contributed by atoms with van der Waals surface area (Å²) in [6.07, 6.45) is 0.506. The number of hydrogen-bond donors (Lipinski definition) is 2. The first-order valence-electron chi connectivity index (χ1n) is 9.44. The van der Waals surface area contributed by atoms with Gasteiger partial charge in [-0.3, -0.25) is 4.79 Å². The van der Waals surface area contributed by atoms with E-state index in [4.69, 9.17) is 16.3 Å². The Hall–Kier alpha value is -2.29. The Labute approximate surface area is 177 Å². The number of aromatic amines is 1. The fraction of sp³-hybridized carbons (Fsp3) is 0.350. The molecule has 4 rings (SSSR count). The summed E-state index contributed by atoms with van der Waals surface area (Å²) in [5, 5.41) is 9.74. The number of H-pyrrole nitrogens is 1. The van der Waals surface area contributed by atoms with Crippen molar-refractivity contribution in [2.45, 2.75) is 23.8 Å². The zero-order valence-electron chi connectivity index (χ0n) is 15.9. The standard InChI is InChI=1S/C20H21ClN4O3S/c1-2-16(19(26)27)29-20-22-15-11-14(21)17(23-18(15)24-20)12-3-5-13(6-4-12)25-7-9-28-10-8-25/h3-6,11,16H,2,7-10H2,1H3,(H,26,27)(H,22,23,24). The maximum atomic E-state index is 11.3. The van der Waals surface area contributed by atoms with Gasteiger partial charge in [0.2, 0.25) is 0 Å². The van der Waals surface area contributed by atoms with Gasteiger partial charge in [0.05, 0.1) is 29.4 Å². The molecular weight excluding hydrogens is 412 g/mol. The maximum absolute atomic E-state index is 11.3. The number of aromatic nitrogens is 3. The van der Waals surface area contributed by atoms with E-state index in [9.17, 15) is 9.90 Å². The number of aliphatic carboxylic acids is 1. The smallest absolute Gasteiger partial charge is 0.317 e. The van der Waals surface area contributed by atoms with Gasteiger partial charge in [0, 0.05) is 24.3 Å². The van der Waals surface area contributed by atoms with Crippen LogP contribution in [0.1, 0.15) is 13.3 Å². The van der Waals surface area contributed by atoms with Crippen molar-refractivity contribution in [2.24, 2.45) is 0 Å². The van der Waals surface area contributed by atoms with Crippen molar-refractivity contribution in [3.63, 3.8) is 0 Å². The number of nitrogens with zero attached hydrogens (tertiary/aromatic N) is 3. The van der Waals surface area contributed by atoms with Crippen molar-refractivity contribution >= 4 is 46.2 Å². The Morgan fingerprint density at radius 3 is 2.69 bits per heavy atom. The number of hydrogen-bond acceptors (Lipinski definition) is 6. The highest BCUT2D eigenvalue weighted by Crippen LogP contribution is 2.32. The molecule has 0 spiro atoms. The molecule has 2 N–H and O–H groups in total. The van der Waals surface area contributed by atoms with Crippen LogP contribution in [0.15, 0.2) is 35.5 Å². The van der Waals surface area contributed by atoms with Gasteiger partial charge in [-0.1, -0.05) is 42.4 Å². The van der Waals surface area contributed by atoms with Gasteiger partial charge < -0.3 is 19.7 Å². The van der Waals surface area contributed by atoms with E-state index in [1.165, 1.54) is 11.8 Å². The van der Waals surface area contributed by atoms with Gasteiger partial charge in [-0.15, -0.1) is 0 Å². The molecule has 3 heterocycles. The number of ether oxygens (including phenoxy) is 1. The Morgan fingerprint density at radius 2 is 2.03 bits per heavy atom. The summed E-state index contributed by atoms with van der Waals surface area (Å²) >= 11 is 7.66. The van der Waals surface area contributed by atoms with E-state index in [0.29, 0.717) is 33.5 Å². The van der Waals surface area contributed by atoms with E-state index in [2.05, 4.69) is 32.0 Å². The molecule has 1 unspecified atom stereocenters. The van der Waals surface area contributed by atoms with E-state index in [0.717, 1.165) is 37.6 Å². The molecule has 0 saturated carbocycles. The van der Waals surface area contributed by atoms with Crippen LogP contribution in [0, 0.1) is 0 Å². The summed E-state index contributed by atoms with van der Waals surface area (Å²) < 4.78 is 5.40. The monoisotopic (exact) mass is 432 g/mol. The summed E-state index contributed by atoms with van der Waals surface area (Å²) in [4.78, 5) is 25.7. The predicted octanol–water partition coefficient (Wildman–Crippen LogP) is 4.07. The Kier molecular flexibility index (Phi) is 5.94. The van der Waals surface area contributed by atoms with Gasteiger partial charge in [0.15, 0.2) is 10.8 Å². The molecule has 0 bridgehead atoms. The van der Waals surface area contributed by atoms with E-state index in [1.807, 2.05) is 19.1 Å². The first-order chi connectivity index (χ1) is 14.0. The van der Waals surface area contributed by atoms with Crippen LogP contribution in [0.3, 0.4) is 0 Å². The minimum atomic E-state index is -0.856. The number of carboxylic acid groups (broad SMARTS) is 1. The molecule has 1 aromatic carbocycles. The number of imidazole rings is 1. The number of thioether (sulfide) groups is 1. The van der Waals surface area contributed by atoms with Crippen LogP contribution in [0.2, 0.25) is 5.02 Å². The summed E-state index contributed by atoms with van der Waals surface area (Å²) in [6, 6.07) is 9.92. The second-order valence-electron chi connectivity index (χ2n) is 6.73. The van der Waals surface area contributed by atoms with Crippen LogP contribution in [-0.4, -0.2) is 57.6 Å². The number of nitrogens with one attached hydrogen (secondary N) is 1. The van der Waals surface area contributed by atoms with Gasteiger partial charge in [0.1, 0.15) is 5.25 Å². The summed E-state index contributed by atoms with van der Waals surface area (Å²) in [5.74, 6) is -0.856. The van der Waals surface area contributed by atoms with Gasteiger partial charge in [-0.2, -0.15) is 0 Å². The molecule has 2 aromatic heterocycles. The second kappa shape index (κ2) is 8.61. The van der Waals surface area contributed by atoms with Crippen LogP contribution in [0.25, 0.3) is 22.4 Å². The lowest BCUT2D eigenvalue weighted by atomic mass is 10.1. The average Bonchev–Trinajstić information content (AvgIpc) is 3.13. The third kappa shape index (κ3) is 4.34. The molecule has 1 aliphatic rings. The van der Waals surface area contributed by atoms with Crippen LogP contribution in [0.5, 0.6) is 0 Å². The average molecular weight is 433 g/mol. The molecule has 29 heavy (non-hydrogen) atoms. The lowest BCUT2D eigenvalue weighted by Gasteiger charge is -2.28. The van der Waals surface area contributed by atoms with Crippen molar-refractivity contribution in [3.8, 4) is 11.3 Å². The molecular formula is C20H21ClN4O3S. The van der Waals surface area contributed by atoms with Crippen molar-refractivity contribution < 1.29 is 14.6 Å². The number of carbonyl (C=O) groups is 1. The largest absolute Gasteiger partial charge is 0.480 e. The third-order valence-corrected chi connectivity index (χ3v) is 6.35. The van der Waals surface area contributed by atoms with Crippen molar-refractivity contribution in [1.29, 1.82) is 0 Å². The molecule has 0 amide bonds. The van der Waals surface area contributed by atoms with Crippen LogP contribution in [0.4, 0.5) is 5.69 Å². The Morgan fingerprint density at radius 1 is 1.31 bits per heavy atom. The Balaban J connectivity index is 1.60. The highest BCUT2D eigenvalue weighted by atomic mass is 35.5. The molecule has 1 atom stereocenters. The molecule has 1 aliphatic heterocycles. The number of rotatable bonds is 6. The van der Waals surface area contributed by atoms with Crippen LogP contribution < -0.4 is 4.90 Å². The van der Waals surface area contributed by atoms with Gasteiger partial charge in [-0.25, -0.2) is 9.97 Å². The summed E-state index contributed by atoms with van der Waals surface area (Å²) in [7, 11) is 0. The fourth-order valence-corrected chi connectivity index (χ4v) is 4.35. The van der Waals surface area contributed by atoms with Crippen molar-refractivity contribution in [2.75, 3.05) is 31.2 Å². The third-order valence-electron chi connectivity index (χ3n) is 4.82. The SMILES string of the molecule is CCC(Sc1nc2nc(-c3ccc(N4CCOCC4)cc3)c(Cl)cc2[nH]1)C(=O)O. The molecule has 9 heteroatoms. The topological polar surface area (TPSA) is 91.3 Å². The zero-order valence-corrected chi connectivity index (χ0v) is 17.5. The number of halogens is 1. The molecule has 1 saturated heterocycles. The maximum Gasteiger partial charge on any atom is 0.317 e. The highest BCUT2D eigenvalue weighted by molar-refractivity contribution is 8.00. The van der Waals surface area contributed by atoms with E-state index in [-0.39, 0.29) is 0 Å². The van der Waals surface area contributed by atoms with Gasteiger partial charge >= 0.3 is 5.97 Å². The number of benzene rings is 1. The quantitative estimate of drug-likeness (QED) is 0.567. The molecule has 7 nitrogen and oxygen atoms in total. The normalized spacial score (nSPS) is 15.6. The number of carboxylic acids is 1. The van der Waals surface area contributed by atoms with E-state index in [1.54, 1.807) is 6.07 Å². The molecule has 3 aromatic rings. The zero-order chi connectivity index (χ0) is 20.4. The minimum absolute atomic E-state index is 0.506. The first kappa shape index (κ1) is 20.0. The highest BCUT2D eigenvalue weighted by Gasteiger charge is 2.20. The van der Waals surface area contributed by atoms with E-state index >= 15 is 0 Å².